The van der Waals surface area contributed by atoms with Crippen LogP contribution in [0.1, 0.15) is 42.9 Å². The number of aromatic nitrogens is 2. The van der Waals surface area contributed by atoms with Crippen LogP contribution < -0.4 is 4.90 Å². The number of piperidine rings is 1. The lowest BCUT2D eigenvalue weighted by Crippen LogP contribution is -2.36. The SMILES string of the molecule is O=C1CCCCN1c1ncccc1CCN1CCC(c2ccccn2)C1. The first-order chi connectivity index (χ1) is 12.8. The molecular weight excluding hydrogens is 324 g/mol. The molecule has 1 atom stereocenters. The van der Waals surface area contributed by atoms with Gasteiger partial charge in [0.25, 0.3) is 0 Å². The van der Waals surface area contributed by atoms with E-state index in [0.717, 1.165) is 51.3 Å². The summed E-state index contributed by atoms with van der Waals surface area (Å²) in [5.41, 5.74) is 2.39. The number of rotatable bonds is 5. The molecule has 0 radical (unpaired) electrons. The summed E-state index contributed by atoms with van der Waals surface area (Å²) in [4.78, 5) is 25.7. The van der Waals surface area contributed by atoms with Crippen LogP contribution in [-0.4, -0.2) is 47.0 Å². The van der Waals surface area contributed by atoms with Crippen LogP contribution in [0.4, 0.5) is 5.82 Å². The van der Waals surface area contributed by atoms with Crippen LogP contribution >= 0.6 is 0 Å². The molecule has 1 unspecified atom stereocenters. The van der Waals surface area contributed by atoms with E-state index in [9.17, 15) is 4.79 Å². The molecule has 0 N–H and O–H groups in total. The van der Waals surface area contributed by atoms with Crippen molar-refractivity contribution >= 4 is 11.7 Å². The summed E-state index contributed by atoms with van der Waals surface area (Å²) in [5, 5.41) is 0. The molecule has 136 valence electrons. The van der Waals surface area contributed by atoms with Gasteiger partial charge >= 0.3 is 0 Å². The quantitative estimate of drug-likeness (QED) is 0.832. The predicted molar refractivity (Wildman–Crippen MR) is 102 cm³/mol. The fourth-order valence-corrected chi connectivity index (χ4v) is 4.07. The normalized spacial score (nSPS) is 21.3. The third-order valence-corrected chi connectivity index (χ3v) is 5.52. The number of pyridine rings is 2. The summed E-state index contributed by atoms with van der Waals surface area (Å²) in [6.45, 7) is 3.98. The van der Waals surface area contributed by atoms with Crippen molar-refractivity contribution in [2.24, 2.45) is 0 Å². The van der Waals surface area contributed by atoms with Gasteiger partial charge in [-0.1, -0.05) is 12.1 Å². The molecule has 2 aliphatic heterocycles. The Bertz CT molecular complexity index is 749. The summed E-state index contributed by atoms with van der Waals surface area (Å²) in [7, 11) is 0. The van der Waals surface area contributed by atoms with E-state index in [1.165, 1.54) is 17.7 Å². The third-order valence-electron chi connectivity index (χ3n) is 5.52. The van der Waals surface area contributed by atoms with Crippen molar-refractivity contribution in [3.8, 4) is 0 Å². The minimum atomic E-state index is 0.215. The van der Waals surface area contributed by atoms with Crippen molar-refractivity contribution in [2.45, 2.75) is 38.0 Å². The molecule has 4 heterocycles. The number of carbonyl (C=O) groups excluding carboxylic acids is 1. The van der Waals surface area contributed by atoms with Gasteiger partial charge in [0.15, 0.2) is 0 Å². The maximum Gasteiger partial charge on any atom is 0.228 e. The predicted octanol–water partition coefficient (Wildman–Crippen LogP) is 3.03. The summed E-state index contributed by atoms with van der Waals surface area (Å²) in [6, 6.07) is 10.3. The molecule has 0 aliphatic carbocycles. The number of anilines is 1. The minimum Gasteiger partial charge on any atom is -0.302 e. The smallest absolute Gasteiger partial charge is 0.228 e. The number of amides is 1. The van der Waals surface area contributed by atoms with Crippen molar-refractivity contribution in [3.05, 3.63) is 54.0 Å². The molecule has 2 fully saturated rings. The molecule has 5 nitrogen and oxygen atoms in total. The number of hydrogen-bond acceptors (Lipinski definition) is 4. The third kappa shape index (κ3) is 3.78. The summed E-state index contributed by atoms with van der Waals surface area (Å²) in [5.74, 6) is 1.62. The van der Waals surface area contributed by atoms with Crippen LogP contribution in [0.2, 0.25) is 0 Å². The monoisotopic (exact) mass is 350 g/mol. The van der Waals surface area contributed by atoms with E-state index in [0.29, 0.717) is 12.3 Å². The molecule has 0 spiro atoms. The van der Waals surface area contributed by atoms with Crippen molar-refractivity contribution in [1.82, 2.24) is 14.9 Å². The number of likely N-dealkylation sites (tertiary alicyclic amines) is 1. The lowest BCUT2D eigenvalue weighted by Gasteiger charge is -2.28. The Balaban J connectivity index is 1.39. The molecule has 2 aliphatic rings. The zero-order valence-electron chi connectivity index (χ0n) is 15.2. The Morgan fingerprint density at radius 1 is 1.04 bits per heavy atom. The molecule has 4 rings (SSSR count). The van der Waals surface area contributed by atoms with E-state index >= 15 is 0 Å². The van der Waals surface area contributed by atoms with Gasteiger partial charge in [0.05, 0.1) is 0 Å². The highest BCUT2D eigenvalue weighted by Gasteiger charge is 2.26. The Kier molecular flexibility index (Phi) is 5.25. The van der Waals surface area contributed by atoms with Crippen LogP contribution in [0.25, 0.3) is 0 Å². The molecule has 26 heavy (non-hydrogen) atoms. The minimum absolute atomic E-state index is 0.215. The number of hydrogen-bond donors (Lipinski definition) is 0. The van der Waals surface area contributed by atoms with Gasteiger partial charge < -0.3 is 4.90 Å². The van der Waals surface area contributed by atoms with Gasteiger partial charge in [-0.25, -0.2) is 4.98 Å². The van der Waals surface area contributed by atoms with Crippen molar-refractivity contribution < 1.29 is 4.79 Å². The van der Waals surface area contributed by atoms with Crippen LogP contribution in [0.5, 0.6) is 0 Å². The van der Waals surface area contributed by atoms with E-state index in [1.54, 1.807) is 6.20 Å². The zero-order valence-corrected chi connectivity index (χ0v) is 15.2. The Morgan fingerprint density at radius 2 is 1.96 bits per heavy atom. The summed E-state index contributed by atoms with van der Waals surface area (Å²) >= 11 is 0. The van der Waals surface area contributed by atoms with Gasteiger partial charge in [-0.2, -0.15) is 0 Å². The second kappa shape index (κ2) is 7.96. The average molecular weight is 350 g/mol. The van der Waals surface area contributed by atoms with Crippen LogP contribution in [-0.2, 0) is 11.2 Å². The van der Waals surface area contributed by atoms with Gasteiger partial charge in [0.2, 0.25) is 5.91 Å². The molecule has 2 aromatic rings. The lowest BCUT2D eigenvalue weighted by atomic mass is 10.0. The molecule has 2 aromatic heterocycles. The van der Waals surface area contributed by atoms with E-state index in [1.807, 2.05) is 23.2 Å². The van der Waals surface area contributed by atoms with E-state index in [2.05, 4.69) is 33.1 Å². The van der Waals surface area contributed by atoms with Gasteiger partial charge in [0.1, 0.15) is 5.82 Å². The first kappa shape index (κ1) is 17.2. The van der Waals surface area contributed by atoms with Crippen molar-refractivity contribution in [3.63, 3.8) is 0 Å². The van der Waals surface area contributed by atoms with E-state index in [-0.39, 0.29) is 5.91 Å². The van der Waals surface area contributed by atoms with Gasteiger partial charge in [-0.05, 0) is 56.0 Å². The zero-order chi connectivity index (χ0) is 17.8. The van der Waals surface area contributed by atoms with Gasteiger partial charge in [0, 0.05) is 50.1 Å². The lowest BCUT2D eigenvalue weighted by molar-refractivity contribution is -0.119. The van der Waals surface area contributed by atoms with Crippen molar-refractivity contribution in [2.75, 3.05) is 31.1 Å². The molecular formula is C21H26N4O. The Morgan fingerprint density at radius 3 is 2.81 bits per heavy atom. The Labute approximate surface area is 155 Å². The first-order valence-corrected chi connectivity index (χ1v) is 9.69. The topological polar surface area (TPSA) is 49.3 Å². The standard InChI is InChI=1S/C21H26N4O/c26-20-8-2-4-13-25(20)21-17(6-5-12-23-21)9-14-24-15-10-18(16-24)19-7-1-3-11-22-19/h1,3,5-7,11-12,18H,2,4,8-10,13-16H2. The first-order valence-electron chi connectivity index (χ1n) is 9.69. The largest absolute Gasteiger partial charge is 0.302 e. The highest BCUT2D eigenvalue weighted by molar-refractivity contribution is 5.93. The molecule has 2 saturated heterocycles. The van der Waals surface area contributed by atoms with E-state index in [4.69, 9.17) is 0 Å². The highest BCUT2D eigenvalue weighted by Crippen LogP contribution is 2.27. The maximum absolute atomic E-state index is 12.3. The van der Waals surface area contributed by atoms with Crippen molar-refractivity contribution in [1.29, 1.82) is 0 Å². The second-order valence-electron chi connectivity index (χ2n) is 7.28. The average Bonchev–Trinajstić information content (AvgIpc) is 3.17. The van der Waals surface area contributed by atoms with Gasteiger partial charge in [-0.15, -0.1) is 0 Å². The second-order valence-corrected chi connectivity index (χ2v) is 7.28. The molecule has 5 heteroatoms. The summed E-state index contributed by atoms with van der Waals surface area (Å²) < 4.78 is 0. The fourth-order valence-electron chi connectivity index (χ4n) is 4.07. The van der Waals surface area contributed by atoms with Crippen LogP contribution in [0, 0.1) is 0 Å². The molecule has 0 bridgehead atoms. The Hall–Kier alpha value is -2.27. The summed E-state index contributed by atoms with van der Waals surface area (Å²) in [6.07, 6.45) is 8.50. The van der Waals surface area contributed by atoms with Crippen LogP contribution in [0.15, 0.2) is 42.7 Å². The molecule has 0 aromatic carbocycles. The fraction of sp³-hybridized carbons (Fsp3) is 0.476. The van der Waals surface area contributed by atoms with E-state index < -0.39 is 0 Å². The number of nitrogens with zero attached hydrogens (tertiary/aromatic N) is 4. The van der Waals surface area contributed by atoms with Gasteiger partial charge in [-0.3, -0.25) is 14.7 Å². The number of carbonyl (C=O) groups is 1. The maximum atomic E-state index is 12.3. The molecule has 0 saturated carbocycles. The van der Waals surface area contributed by atoms with Crippen LogP contribution in [0.3, 0.4) is 0 Å². The highest BCUT2D eigenvalue weighted by atomic mass is 16.2. The molecule has 1 amide bonds.